The molecule has 4 N–H and O–H groups in total. The zero-order valence-corrected chi connectivity index (χ0v) is 13.3. The van der Waals surface area contributed by atoms with Crippen molar-refractivity contribution in [1.29, 1.82) is 0 Å². The number of hydrogen-bond acceptors (Lipinski definition) is 4. The first kappa shape index (κ1) is 19.4. The Labute approximate surface area is 125 Å². The van der Waals surface area contributed by atoms with Crippen LogP contribution in [-0.4, -0.2) is 41.6 Å². The summed E-state index contributed by atoms with van der Waals surface area (Å²) in [5.41, 5.74) is -1.17. The van der Waals surface area contributed by atoms with Gasteiger partial charge < -0.3 is 10.4 Å². The molecule has 0 aliphatic carbocycles. The molecule has 0 heterocycles. The number of hydrogen-bond donors (Lipinski definition) is 4. The average molecular weight is 301 g/mol. The van der Waals surface area contributed by atoms with E-state index >= 15 is 0 Å². The zero-order valence-electron chi connectivity index (χ0n) is 13.3. The van der Waals surface area contributed by atoms with Crippen LogP contribution in [0.3, 0.4) is 0 Å². The van der Waals surface area contributed by atoms with Crippen molar-refractivity contribution >= 4 is 17.9 Å². The van der Waals surface area contributed by atoms with Gasteiger partial charge in [-0.3, -0.25) is 20.2 Å². The van der Waals surface area contributed by atoms with E-state index in [4.69, 9.17) is 5.11 Å². The number of carboxylic acids is 1. The quantitative estimate of drug-likeness (QED) is 0.510. The van der Waals surface area contributed by atoms with Crippen molar-refractivity contribution in [2.24, 2.45) is 5.92 Å². The maximum absolute atomic E-state index is 11.6. The zero-order chi connectivity index (χ0) is 16.5. The molecular weight excluding hydrogens is 274 g/mol. The Hall–Kier alpha value is -1.63. The van der Waals surface area contributed by atoms with Gasteiger partial charge >= 0.3 is 12.0 Å². The first-order valence-electron chi connectivity index (χ1n) is 7.27. The molecule has 0 aromatic rings. The van der Waals surface area contributed by atoms with Gasteiger partial charge in [-0.25, -0.2) is 4.79 Å². The van der Waals surface area contributed by atoms with Crippen LogP contribution in [-0.2, 0) is 9.59 Å². The van der Waals surface area contributed by atoms with Crippen molar-refractivity contribution in [2.75, 3.05) is 13.1 Å². The summed E-state index contributed by atoms with van der Waals surface area (Å²) in [4.78, 5) is 34.2. The molecule has 7 heteroatoms. The molecule has 1 atom stereocenters. The second-order valence-electron chi connectivity index (χ2n) is 5.73. The Morgan fingerprint density at radius 1 is 1.24 bits per heavy atom. The van der Waals surface area contributed by atoms with E-state index in [1.165, 1.54) is 6.92 Å². The summed E-state index contributed by atoms with van der Waals surface area (Å²) in [5.74, 6) is -1.10. The fraction of sp³-hybridized carbons (Fsp3) is 0.786. The van der Waals surface area contributed by atoms with Crippen molar-refractivity contribution < 1.29 is 19.5 Å². The highest BCUT2D eigenvalue weighted by atomic mass is 16.4. The van der Waals surface area contributed by atoms with E-state index in [0.29, 0.717) is 25.3 Å². The number of carbonyl (C=O) groups is 3. The highest BCUT2D eigenvalue weighted by Crippen LogP contribution is 2.11. The summed E-state index contributed by atoms with van der Waals surface area (Å²) in [6.07, 6.45) is 1.90. The van der Waals surface area contributed by atoms with Gasteiger partial charge in [0.2, 0.25) is 5.91 Å². The van der Waals surface area contributed by atoms with Crippen LogP contribution >= 0.6 is 0 Å². The largest absolute Gasteiger partial charge is 0.480 e. The molecule has 0 fully saturated rings. The predicted molar refractivity (Wildman–Crippen MR) is 79.9 cm³/mol. The molecule has 0 bridgehead atoms. The Balaban J connectivity index is 4.13. The van der Waals surface area contributed by atoms with Crippen LogP contribution in [0.1, 0.15) is 47.0 Å². The van der Waals surface area contributed by atoms with Gasteiger partial charge in [0.05, 0.1) is 6.54 Å². The van der Waals surface area contributed by atoms with E-state index in [1.807, 2.05) is 20.8 Å². The van der Waals surface area contributed by atoms with E-state index < -0.39 is 23.4 Å². The van der Waals surface area contributed by atoms with Crippen molar-refractivity contribution in [1.82, 2.24) is 16.0 Å². The molecule has 7 nitrogen and oxygen atoms in total. The Morgan fingerprint density at radius 3 is 2.33 bits per heavy atom. The number of amides is 3. The molecule has 0 aliphatic rings. The first-order valence-corrected chi connectivity index (χ1v) is 7.27. The molecule has 21 heavy (non-hydrogen) atoms. The number of aliphatic carboxylic acids is 1. The summed E-state index contributed by atoms with van der Waals surface area (Å²) < 4.78 is 0. The van der Waals surface area contributed by atoms with Crippen LogP contribution in [0.5, 0.6) is 0 Å². The Bertz CT molecular complexity index is 371. The second-order valence-corrected chi connectivity index (χ2v) is 5.73. The smallest absolute Gasteiger partial charge is 0.323 e. The summed E-state index contributed by atoms with van der Waals surface area (Å²) in [6.45, 7) is 7.73. The number of imide groups is 1. The van der Waals surface area contributed by atoms with Crippen LogP contribution in [0.15, 0.2) is 0 Å². The van der Waals surface area contributed by atoms with E-state index in [-0.39, 0.29) is 6.54 Å². The average Bonchev–Trinajstić information content (AvgIpc) is 2.36. The van der Waals surface area contributed by atoms with E-state index in [2.05, 4.69) is 16.0 Å². The molecule has 0 aliphatic heterocycles. The summed E-state index contributed by atoms with van der Waals surface area (Å²) in [7, 11) is 0. The number of carbonyl (C=O) groups excluding carboxylic acids is 2. The monoisotopic (exact) mass is 301 g/mol. The molecule has 1 unspecified atom stereocenters. The van der Waals surface area contributed by atoms with Gasteiger partial charge in [-0.2, -0.15) is 0 Å². The van der Waals surface area contributed by atoms with Crippen molar-refractivity contribution in [3.05, 3.63) is 0 Å². The fourth-order valence-electron chi connectivity index (χ4n) is 1.74. The highest BCUT2D eigenvalue weighted by Gasteiger charge is 2.32. The van der Waals surface area contributed by atoms with Gasteiger partial charge in [-0.05, 0) is 25.7 Å². The van der Waals surface area contributed by atoms with Crippen molar-refractivity contribution in [3.8, 4) is 0 Å². The predicted octanol–water partition coefficient (Wildman–Crippen LogP) is 1.09. The second kappa shape index (κ2) is 9.33. The molecule has 0 spiro atoms. The summed E-state index contributed by atoms with van der Waals surface area (Å²) >= 11 is 0. The third-order valence-electron chi connectivity index (χ3n) is 3.12. The van der Waals surface area contributed by atoms with Crippen LogP contribution in [0, 0.1) is 5.92 Å². The van der Waals surface area contributed by atoms with E-state index in [1.54, 1.807) is 0 Å². The summed E-state index contributed by atoms with van der Waals surface area (Å²) in [6, 6.07) is -0.560. The standard InChI is InChI=1S/C14H27N3O4/c1-5-7-14(4,12(19)20)16-9-11(18)17-13(21)15-8-6-10(2)3/h10,16H,5-9H2,1-4H3,(H,19,20)(H2,15,17,18,21). The van der Waals surface area contributed by atoms with Gasteiger partial charge in [-0.15, -0.1) is 0 Å². The van der Waals surface area contributed by atoms with Crippen molar-refractivity contribution in [2.45, 2.75) is 52.5 Å². The van der Waals surface area contributed by atoms with Gasteiger partial charge in [0.1, 0.15) is 5.54 Å². The molecule has 122 valence electrons. The normalized spacial score (nSPS) is 13.6. The Morgan fingerprint density at radius 2 is 1.86 bits per heavy atom. The van der Waals surface area contributed by atoms with Crippen LogP contribution in [0.4, 0.5) is 4.79 Å². The third kappa shape index (κ3) is 8.29. The van der Waals surface area contributed by atoms with Crippen LogP contribution in [0.25, 0.3) is 0 Å². The molecule has 0 saturated heterocycles. The van der Waals surface area contributed by atoms with E-state index in [0.717, 1.165) is 6.42 Å². The molecule has 3 amide bonds. The lowest BCUT2D eigenvalue weighted by Crippen LogP contribution is -2.53. The van der Waals surface area contributed by atoms with Crippen LogP contribution < -0.4 is 16.0 Å². The minimum atomic E-state index is -1.17. The molecule has 0 saturated carbocycles. The van der Waals surface area contributed by atoms with E-state index in [9.17, 15) is 14.4 Å². The summed E-state index contributed by atoms with van der Waals surface area (Å²) in [5, 5.41) is 16.6. The van der Waals surface area contributed by atoms with Gasteiger partial charge in [0, 0.05) is 6.54 Å². The maximum Gasteiger partial charge on any atom is 0.323 e. The minimum absolute atomic E-state index is 0.222. The highest BCUT2D eigenvalue weighted by molar-refractivity contribution is 5.95. The fourth-order valence-corrected chi connectivity index (χ4v) is 1.74. The van der Waals surface area contributed by atoms with Gasteiger partial charge in [-0.1, -0.05) is 27.2 Å². The van der Waals surface area contributed by atoms with Gasteiger partial charge in [0.25, 0.3) is 0 Å². The maximum atomic E-state index is 11.6. The van der Waals surface area contributed by atoms with Crippen molar-refractivity contribution in [3.63, 3.8) is 0 Å². The third-order valence-corrected chi connectivity index (χ3v) is 3.12. The topological polar surface area (TPSA) is 108 Å². The molecule has 0 aromatic heterocycles. The van der Waals surface area contributed by atoms with Gasteiger partial charge in [0.15, 0.2) is 0 Å². The molecule has 0 aromatic carbocycles. The molecular formula is C14H27N3O4. The number of carboxylic acid groups (broad SMARTS) is 1. The van der Waals surface area contributed by atoms with Crippen LogP contribution in [0.2, 0.25) is 0 Å². The first-order chi connectivity index (χ1) is 9.71. The molecule has 0 radical (unpaired) electrons. The lowest BCUT2D eigenvalue weighted by atomic mass is 9.96. The number of nitrogens with one attached hydrogen (secondary N) is 3. The number of rotatable bonds is 9. The number of urea groups is 1. The Kier molecular flexibility index (Phi) is 8.61. The molecule has 0 rings (SSSR count). The lowest BCUT2D eigenvalue weighted by molar-refractivity contribution is -0.144. The SMILES string of the molecule is CCCC(C)(NCC(=O)NC(=O)NCCC(C)C)C(=O)O. The minimum Gasteiger partial charge on any atom is -0.480 e. The lowest BCUT2D eigenvalue weighted by Gasteiger charge is -2.25.